The number of unbranched alkanes of at least 4 members (excludes halogenated alkanes) is 13. The van der Waals surface area contributed by atoms with E-state index in [9.17, 15) is 24.9 Å². The molecule has 0 aliphatic heterocycles. The molecular weight excluding hydrogens is 344 g/mol. The molecule has 5 heteroatoms. The largest absolute Gasteiger partial charge is 0.480 e. The van der Waals surface area contributed by atoms with Gasteiger partial charge in [0.15, 0.2) is 5.41 Å². The van der Waals surface area contributed by atoms with Gasteiger partial charge < -0.3 is 15.3 Å². The van der Waals surface area contributed by atoms with Crippen LogP contribution in [0.1, 0.15) is 110 Å². The number of aliphatic hydroxyl groups is 1. The summed E-state index contributed by atoms with van der Waals surface area (Å²) in [6.07, 6.45) is 17.8. The lowest BCUT2D eigenvalue weighted by Crippen LogP contribution is -2.44. The Balaban J connectivity index is 3.68. The Kier molecular flexibility index (Phi) is 15.3. The highest BCUT2D eigenvalue weighted by Crippen LogP contribution is 2.32. The topological polar surface area (TPSA) is 94.8 Å². The quantitative estimate of drug-likeness (QED) is 0.197. The molecule has 0 amide bonds. The fourth-order valence-corrected chi connectivity index (χ4v) is 3.59. The van der Waals surface area contributed by atoms with E-state index in [2.05, 4.69) is 6.92 Å². The summed E-state index contributed by atoms with van der Waals surface area (Å²) in [5.41, 5.74) is -1.91. The minimum atomic E-state index is -1.91. The fraction of sp³-hybridized carbons (Fsp3) is 0.909. The highest BCUT2D eigenvalue weighted by molar-refractivity contribution is 5.98. The van der Waals surface area contributed by atoms with E-state index in [1.165, 1.54) is 77.6 Å². The smallest absolute Gasteiger partial charge is 0.321 e. The minimum absolute atomic E-state index is 0.409. The maximum Gasteiger partial charge on any atom is 0.321 e. The molecule has 0 aromatic heterocycles. The van der Waals surface area contributed by atoms with Crippen LogP contribution in [0.4, 0.5) is 0 Å². The van der Waals surface area contributed by atoms with Crippen molar-refractivity contribution in [3.8, 4) is 0 Å². The summed E-state index contributed by atoms with van der Waals surface area (Å²) in [6.45, 7) is 3.03. The summed E-state index contributed by atoms with van der Waals surface area (Å²) in [5, 5.41) is 27.9. The molecule has 5 nitrogen and oxygen atoms in total. The maximum absolute atomic E-state index is 11.3. The second-order valence-corrected chi connectivity index (χ2v) is 8.08. The number of hydrogen-bond donors (Lipinski definition) is 3. The van der Waals surface area contributed by atoms with Gasteiger partial charge in [0.2, 0.25) is 0 Å². The van der Waals surface area contributed by atoms with Crippen LogP contribution >= 0.6 is 0 Å². The third-order valence-corrected chi connectivity index (χ3v) is 5.83. The van der Waals surface area contributed by atoms with Crippen LogP contribution < -0.4 is 0 Å². The first-order chi connectivity index (χ1) is 12.9. The molecule has 160 valence electrons. The highest BCUT2D eigenvalue weighted by atomic mass is 16.4. The van der Waals surface area contributed by atoms with E-state index in [0.717, 1.165) is 19.3 Å². The fourth-order valence-electron chi connectivity index (χ4n) is 3.59. The minimum Gasteiger partial charge on any atom is -0.480 e. The Hall–Kier alpha value is -1.10. The first-order valence-electron chi connectivity index (χ1n) is 11.0. The molecule has 0 radical (unpaired) electrons. The Morgan fingerprint density at radius 1 is 0.704 bits per heavy atom. The number of aliphatic carboxylic acids is 2. The van der Waals surface area contributed by atoms with E-state index in [1.807, 2.05) is 0 Å². The van der Waals surface area contributed by atoms with Gasteiger partial charge >= 0.3 is 11.9 Å². The van der Waals surface area contributed by atoms with Crippen LogP contribution in [-0.4, -0.2) is 33.9 Å². The number of carboxylic acids is 2. The van der Waals surface area contributed by atoms with Crippen molar-refractivity contribution in [2.45, 2.75) is 110 Å². The zero-order chi connectivity index (χ0) is 20.5. The predicted molar refractivity (Wildman–Crippen MR) is 109 cm³/mol. The van der Waals surface area contributed by atoms with Gasteiger partial charge in [0, 0.05) is 12.5 Å². The lowest BCUT2D eigenvalue weighted by molar-refractivity contribution is -0.169. The maximum atomic E-state index is 11.3. The van der Waals surface area contributed by atoms with Crippen LogP contribution in [0.5, 0.6) is 0 Å². The zero-order valence-electron chi connectivity index (χ0n) is 17.5. The van der Waals surface area contributed by atoms with E-state index in [-0.39, 0.29) is 0 Å². The van der Waals surface area contributed by atoms with Crippen molar-refractivity contribution in [2.24, 2.45) is 11.3 Å². The number of aliphatic hydroxyl groups excluding tert-OH is 1. The van der Waals surface area contributed by atoms with Crippen molar-refractivity contribution in [3.63, 3.8) is 0 Å². The van der Waals surface area contributed by atoms with Gasteiger partial charge in [0.05, 0.1) is 0 Å². The zero-order valence-corrected chi connectivity index (χ0v) is 17.5. The Bertz CT molecular complexity index is 380. The van der Waals surface area contributed by atoms with Gasteiger partial charge in [-0.25, -0.2) is 0 Å². The number of carboxylic acid groups (broad SMARTS) is 2. The van der Waals surface area contributed by atoms with Crippen molar-refractivity contribution in [2.75, 3.05) is 6.61 Å². The van der Waals surface area contributed by atoms with Crippen molar-refractivity contribution >= 4 is 11.9 Å². The van der Waals surface area contributed by atoms with Crippen molar-refractivity contribution in [1.29, 1.82) is 0 Å². The third-order valence-electron chi connectivity index (χ3n) is 5.83. The van der Waals surface area contributed by atoms with Gasteiger partial charge in [0.25, 0.3) is 0 Å². The molecule has 0 saturated carbocycles. The van der Waals surface area contributed by atoms with E-state index >= 15 is 0 Å². The van der Waals surface area contributed by atoms with Crippen LogP contribution in [0, 0.1) is 11.3 Å². The standard InChI is InChI=1S/C22H42O5/c1-3-4-5-6-7-8-9-10-11-12-13-14-15-16-17-19(18-23)22(2,20(24)25)21(26)27/h19,23H,3-18H2,1-2H3,(H,24,25)(H,26,27). The van der Waals surface area contributed by atoms with Crippen molar-refractivity contribution < 1.29 is 24.9 Å². The first kappa shape index (κ1) is 25.9. The lowest BCUT2D eigenvalue weighted by Gasteiger charge is -2.28. The molecule has 0 fully saturated rings. The summed E-state index contributed by atoms with van der Waals surface area (Å²) in [5.74, 6) is -3.50. The van der Waals surface area contributed by atoms with E-state index < -0.39 is 29.9 Å². The molecule has 0 aliphatic carbocycles. The number of hydrogen-bond acceptors (Lipinski definition) is 3. The molecule has 0 aromatic rings. The Morgan fingerprint density at radius 2 is 1.04 bits per heavy atom. The monoisotopic (exact) mass is 386 g/mol. The molecule has 0 spiro atoms. The number of rotatable bonds is 19. The predicted octanol–water partition coefficient (Wildman–Crippen LogP) is 5.64. The molecule has 0 aromatic carbocycles. The van der Waals surface area contributed by atoms with Gasteiger partial charge in [-0.05, 0) is 13.3 Å². The van der Waals surface area contributed by atoms with E-state index in [1.54, 1.807) is 0 Å². The summed E-state index contributed by atoms with van der Waals surface area (Å²) in [7, 11) is 0. The summed E-state index contributed by atoms with van der Waals surface area (Å²) < 4.78 is 0. The molecule has 0 aliphatic rings. The molecular formula is C22H42O5. The van der Waals surface area contributed by atoms with Gasteiger partial charge in [-0.3, -0.25) is 9.59 Å². The molecule has 0 bridgehead atoms. The molecule has 27 heavy (non-hydrogen) atoms. The van der Waals surface area contributed by atoms with Crippen LogP contribution in [-0.2, 0) is 9.59 Å². The van der Waals surface area contributed by atoms with Crippen molar-refractivity contribution in [1.82, 2.24) is 0 Å². The first-order valence-corrected chi connectivity index (χ1v) is 11.0. The number of carbonyl (C=O) groups is 2. The van der Waals surface area contributed by atoms with E-state index in [0.29, 0.717) is 6.42 Å². The molecule has 0 rings (SSSR count). The Labute approximate surface area is 165 Å². The highest BCUT2D eigenvalue weighted by Gasteiger charge is 2.48. The lowest BCUT2D eigenvalue weighted by atomic mass is 9.75. The van der Waals surface area contributed by atoms with E-state index in [4.69, 9.17) is 0 Å². The van der Waals surface area contributed by atoms with Crippen LogP contribution in [0.25, 0.3) is 0 Å². The average Bonchev–Trinajstić information content (AvgIpc) is 2.64. The third kappa shape index (κ3) is 10.7. The van der Waals surface area contributed by atoms with Crippen LogP contribution in [0.3, 0.4) is 0 Å². The van der Waals surface area contributed by atoms with Gasteiger partial charge in [-0.15, -0.1) is 0 Å². The molecule has 0 saturated heterocycles. The second kappa shape index (κ2) is 15.9. The van der Waals surface area contributed by atoms with Gasteiger partial charge in [-0.1, -0.05) is 96.8 Å². The average molecular weight is 387 g/mol. The second-order valence-electron chi connectivity index (χ2n) is 8.08. The summed E-state index contributed by atoms with van der Waals surface area (Å²) in [6, 6.07) is 0. The van der Waals surface area contributed by atoms with Crippen molar-refractivity contribution in [3.05, 3.63) is 0 Å². The summed E-state index contributed by atoms with van der Waals surface area (Å²) in [4.78, 5) is 22.6. The SMILES string of the molecule is CCCCCCCCCCCCCCCCC(CO)C(C)(C(=O)O)C(=O)O. The molecule has 1 unspecified atom stereocenters. The molecule has 3 N–H and O–H groups in total. The molecule has 1 atom stereocenters. The van der Waals surface area contributed by atoms with Gasteiger partial charge in [0.1, 0.15) is 0 Å². The Morgan fingerprint density at radius 3 is 1.33 bits per heavy atom. The normalized spacial score (nSPS) is 12.9. The van der Waals surface area contributed by atoms with Crippen LogP contribution in [0.15, 0.2) is 0 Å². The summed E-state index contributed by atoms with van der Waals surface area (Å²) >= 11 is 0. The van der Waals surface area contributed by atoms with Crippen LogP contribution in [0.2, 0.25) is 0 Å². The molecule has 0 heterocycles. The van der Waals surface area contributed by atoms with Gasteiger partial charge in [-0.2, -0.15) is 0 Å².